The average Bonchev–Trinajstić information content (AvgIpc) is 3.65. The highest BCUT2D eigenvalue weighted by Gasteiger charge is 2.50. The number of β-amino-alcohol motifs (C(OH)–C–C–N with tert-alkyl or cyclic N) is 1. The number of hydrogen-bond donors (Lipinski definition) is 2. The number of nitrogens with one attached hydrogen (secondary N) is 1. The number of urea groups is 1. The topological polar surface area (TPSA) is 121 Å². The molecule has 1 saturated heterocycles. The predicted molar refractivity (Wildman–Crippen MR) is 126 cm³/mol. The second kappa shape index (κ2) is 9.87. The second-order valence-electron chi connectivity index (χ2n) is 9.22. The van der Waals surface area contributed by atoms with Crippen LogP contribution in [0.4, 0.5) is 32.6 Å². The summed E-state index contributed by atoms with van der Waals surface area (Å²) in [4.78, 5) is 49.5. The van der Waals surface area contributed by atoms with E-state index in [4.69, 9.17) is 5.11 Å². The van der Waals surface area contributed by atoms with E-state index in [1.165, 1.54) is 21.9 Å². The molecule has 39 heavy (non-hydrogen) atoms. The van der Waals surface area contributed by atoms with Crippen molar-refractivity contribution >= 4 is 28.8 Å². The quantitative estimate of drug-likeness (QED) is 0.435. The molecule has 1 saturated carbocycles. The lowest BCUT2D eigenvalue weighted by Gasteiger charge is -2.22. The minimum absolute atomic E-state index is 0.0479. The number of hydrogen-bond acceptors (Lipinski definition) is 6. The Bertz CT molecular complexity index is 1520. The molecule has 0 radical (unpaired) electrons. The van der Waals surface area contributed by atoms with Crippen LogP contribution in [0.5, 0.6) is 0 Å². The number of rotatable bonds is 7. The second-order valence-corrected chi connectivity index (χ2v) is 9.22. The Morgan fingerprint density at radius 2 is 1.92 bits per heavy atom. The van der Waals surface area contributed by atoms with Gasteiger partial charge >= 0.3 is 12.2 Å². The molecular weight excluding hydrogens is 531 g/mol. The number of pyridine rings is 3. The molecular formula is C24H21F5N6O4. The Balaban J connectivity index is 1.64. The molecule has 2 aliphatic rings. The van der Waals surface area contributed by atoms with Crippen LogP contribution in [-0.2, 0) is 0 Å². The van der Waals surface area contributed by atoms with Crippen molar-refractivity contribution in [2.75, 3.05) is 31.1 Å². The van der Waals surface area contributed by atoms with Gasteiger partial charge in [-0.2, -0.15) is 13.2 Å². The van der Waals surface area contributed by atoms with Crippen LogP contribution in [0.15, 0.2) is 35.4 Å². The third-order valence-electron chi connectivity index (χ3n) is 6.57. The van der Waals surface area contributed by atoms with E-state index in [2.05, 4.69) is 9.97 Å². The summed E-state index contributed by atoms with van der Waals surface area (Å²) in [7, 11) is 0. The molecule has 10 nitrogen and oxygen atoms in total. The zero-order chi connectivity index (χ0) is 28.1. The number of anilines is 1. The predicted octanol–water partition coefficient (Wildman–Crippen LogP) is 2.36. The van der Waals surface area contributed by atoms with Gasteiger partial charge in [0.25, 0.3) is 5.91 Å². The number of aromatic nitrogens is 3. The molecule has 0 spiro atoms. The maximum Gasteiger partial charge on any atom is 0.408 e. The molecule has 2 fully saturated rings. The lowest BCUT2D eigenvalue weighted by molar-refractivity contribution is -0.158. The van der Waals surface area contributed by atoms with Gasteiger partial charge in [-0.1, -0.05) is 0 Å². The largest absolute Gasteiger partial charge is 0.408 e. The van der Waals surface area contributed by atoms with Crippen molar-refractivity contribution in [3.8, 4) is 5.82 Å². The Morgan fingerprint density at radius 3 is 2.56 bits per heavy atom. The summed E-state index contributed by atoms with van der Waals surface area (Å²) in [5, 5.41) is 10.8. The number of aliphatic hydroxyl groups excluding tert-OH is 1. The van der Waals surface area contributed by atoms with E-state index < -0.39 is 58.5 Å². The number of carbonyl (C=O) groups is 2. The molecule has 3 aromatic rings. The summed E-state index contributed by atoms with van der Waals surface area (Å²) >= 11 is 0. The van der Waals surface area contributed by atoms with Crippen LogP contribution in [0, 0.1) is 17.6 Å². The summed E-state index contributed by atoms with van der Waals surface area (Å²) in [6, 6.07) is 0.355. The van der Waals surface area contributed by atoms with E-state index in [0.29, 0.717) is 12.3 Å². The van der Waals surface area contributed by atoms with E-state index >= 15 is 0 Å². The van der Waals surface area contributed by atoms with Crippen molar-refractivity contribution in [1.82, 2.24) is 24.8 Å². The van der Waals surface area contributed by atoms with Gasteiger partial charge in [0, 0.05) is 31.9 Å². The standard InChI is InChI=1S/C24H21F5N6O4/c25-13-9-16(26)21(30-10-13)35-11-15(22(38)32-19(12-1-2-12)24(27,28)29)18(37)14-3-4-17(31-20(14)35)34-6-5-33(7-8-36)23(34)39/h3-4,9-12,19,36H,1-2,5-8H2,(H,32,38)/t19-/m1/s1. The monoisotopic (exact) mass is 552 g/mol. The normalized spacial score (nSPS) is 16.7. The average molecular weight is 552 g/mol. The highest BCUT2D eigenvalue weighted by atomic mass is 19.4. The number of halogens is 5. The molecule has 206 valence electrons. The van der Waals surface area contributed by atoms with E-state index in [1.54, 1.807) is 0 Å². The minimum atomic E-state index is -4.75. The fourth-order valence-corrected chi connectivity index (χ4v) is 4.49. The van der Waals surface area contributed by atoms with Gasteiger partial charge in [-0.15, -0.1) is 0 Å². The Kier molecular flexibility index (Phi) is 6.70. The zero-order valence-corrected chi connectivity index (χ0v) is 20.1. The van der Waals surface area contributed by atoms with E-state index in [1.807, 2.05) is 5.32 Å². The van der Waals surface area contributed by atoms with Crippen molar-refractivity contribution in [3.05, 3.63) is 58.0 Å². The SMILES string of the molecule is O=C(N[C@H](C1CC1)C(F)(F)F)c1cn(-c2ncc(F)cc2F)c2nc(N3CCN(CCO)C3=O)ccc2c1=O. The molecule has 5 rings (SSSR count). The van der Waals surface area contributed by atoms with Crippen LogP contribution in [0.3, 0.4) is 0 Å². The molecule has 15 heteroatoms. The molecule has 3 amide bonds. The van der Waals surface area contributed by atoms with E-state index in [-0.39, 0.29) is 55.9 Å². The van der Waals surface area contributed by atoms with Crippen LogP contribution in [0.1, 0.15) is 23.2 Å². The van der Waals surface area contributed by atoms with E-state index in [9.17, 15) is 36.3 Å². The Hall–Kier alpha value is -4.14. The molecule has 2 N–H and O–H groups in total. The van der Waals surface area contributed by atoms with Crippen LogP contribution < -0.4 is 15.6 Å². The maximum absolute atomic E-state index is 14.8. The van der Waals surface area contributed by atoms with Crippen LogP contribution in [-0.4, -0.2) is 74.9 Å². The third kappa shape index (κ3) is 5.01. The van der Waals surface area contributed by atoms with Crippen molar-refractivity contribution in [2.24, 2.45) is 5.92 Å². The fraction of sp³-hybridized carbons (Fsp3) is 0.375. The van der Waals surface area contributed by atoms with Gasteiger partial charge in [-0.25, -0.2) is 23.5 Å². The summed E-state index contributed by atoms with van der Waals surface area (Å²) in [5.41, 5.74) is -1.98. The van der Waals surface area contributed by atoms with Crippen LogP contribution in [0.25, 0.3) is 16.9 Å². The maximum atomic E-state index is 14.8. The molecule has 0 bridgehead atoms. The number of amides is 3. The molecule has 4 heterocycles. The van der Waals surface area contributed by atoms with Gasteiger partial charge < -0.3 is 15.3 Å². The minimum Gasteiger partial charge on any atom is -0.395 e. The van der Waals surface area contributed by atoms with Crippen molar-refractivity contribution in [3.63, 3.8) is 0 Å². The lowest BCUT2D eigenvalue weighted by Crippen LogP contribution is -2.48. The van der Waals surface area contributed by atoms with Gasteiger partial charge in [0.05, 0.1) is 18.2 Å². The highest BCUT2D eigenvalue weighted by Crippen LogP contribution is 2.40. The molecule has 1 aliphatic heterocycles. The van der Waals surface area contributed by atoms with Gasteiger partial charge in [0.2, 0.25) is 5.43 Å². The van der Waals surface area contributed by atoms with Crippen LogP contribution >= 0.6 is 0 Å². The first-order valence-corrected chi connectivity index (χ1v) is 11.9. The van der Waals surface area contributed by atoms with Crippen molar-refractivity contribution < 1.29 is 36.6 Å². The molecule has 1 atom stereocenters. The van der Waals surface area contributed by atoms with Gasteiger partial charge in [-0.3, -0.25) is 19.1 Å². The van der Waals surface area contributed by atoms with Crippen molar-refractivity contribution in [2.45, 2.75) is 25.1 Å². The molecule has 1 aliphatic carbocycles. The van der Waals surface area contributed by atoms with Gasteiger partial charge in [0.15, 0.2) is 17.3 Å². The van der Waals surface area contributed by atoms with Crippen LogP contribution in [0.2, 0.25) is 0 Å². The Morgan fingerprint density at radius 1 is 1.18 bits per heavy atom. The summed E-state index contributed by atoms with van der Waals surface area (Å²) < 4.78 is 69.8. The summed E-state index contributed by atoms with van der Waals surface area (Å²) in [5.74, 6) is -4.89. The summed E-state index contributed by atoms with van der Waals surface area (Å²) in [6.45, 7) is 0.281. The molecule has 3 aromatic heterocycles. The molecule has 0 unspecified atom stereocenters. The van der Waals surface area contributed by atoms with Crippen molar-refractivity contribution in [1.29, 1.82) is 0 Å². The van der Waals surface area contributed by atoms with Gasteiger partial charge in [0.1, 0.15) is 23.2 Å². The third-order valence-corrected chi connectivity index (χ3v) is 6.57. The first-order chi connectivity index (χ1) is 18.5. The fourth-order valence-electron chi connectivity index (χ4n) is 4.49. The lowest BCUT2D eigenvalue weighted by atomic mass is 10.1. The van der Waals surface area contributed by atoms with Gasteiger partial charge in [-0.05, 0) is 30.9 Å². The smallest absolute Gasteiger partial charge is 0.395 e. The molecule has 0 aromatic carbocycles. The summed E-state index contributed by atoms with van der Waals surface area (Å²) in [6.07, 6.45) is -2.76. The van der Waals surface area contributed by atoms with E-state index in [0.717, 1.165) is 10.8 Å². The highest BCUT2D eigenvalue weighted by molar-refractivity contribution is 5.98. The number of alkyl halides is 3. The number of aliphatic hydroxyl groups is 1. The Labute approximate surface area is 216 Å². The first kappa shape index (κ1) is 26.5. The zero-order valence-electron chi connectivity index (χ0n) is 20.1. The number of carbonyl (C=O) groups excluding carboxylic acids is 2. The number of fused-ring (bicyclic) bond motifs is 1. The number of nitrogens with zero attached hydrogens (tertiary/aromatic N) is 5. The first-order valence-electron chi connectivity index (χ1n) is 11.9.